The van der Waals surface area contributed by atoms with E-state index in [9.17, 15) is 9.59 Å². The molecule has 3 rings (SSSR count). The van der Waals surface area contributed by atoms with Crippen molar-refractivity contribution in [3.8, 4) is 0 Å². The Morgan fingerprint density at radius 3 is 2.83 bits per heavy atom. The number of amides is 1. The van der Waals surface area contributed by atoms with Crippen LogP contribution < -0.4 is 0 Å². The first-order valence-electron chi connectivity index (χ1n) is 8.21. The summed E-state index contributed by atoms with van der Waals surface area (Å²) >= 11 is 0. The summed E-state index contributed by atoms with van der Waals surface area (Å²) in [6.45, 7) is 5.73. The molecule has 0 N–H and O–H groups in total. The minimum atomic E-state index is 0.0138. The lowest BCUT2D eigenvalue weighted by molar-refractivity contribution is -0.129. The summed E-state index contributed by atoms with van der Waals surface area (Å²) < 4.78 is 1.94. The number of ketones is 1. The number of carbonyl (C=O) groups excluding carboxylic acids is 2. The van der Waals surface area contributed by atoms with Gasteiger partial charge in [0.05, 0.1) is 12.7 Å². The smallest absolute Gasteiger partial charge is 0.247 e. The predicted octanol–water partition coefficient (Wildman–Crippen LogP) is 1.47. The van der Waals surface area contributed by atoms with Crippen LogP contribution in [0.25, 0.3) is 0 Å². The Labute approximate surface area is 136 Å². The minimum Gasteiger partial charge on any atom is -0.327 e. The van der Waals surface area contributed by atoms with Gasteiger partial charge < -0.3 is 9.47 Å². The SMILES string of the molecule is CC(=O)c1cnc2n1CC(C)N(C(=O)/C=C/C1CCCN1C)C2. The maximum atomic E-state index is 12.5. The van der Waals surface area contributed by atoms with Crippen LogP contribution in [0.1, 0.15) is 43.0 Å². The van der Waals surface area contributed by atoms with Gasteiger partial charge in [0.1, 0.15) is 11.5 Å². The van der Waals surface area contributed by atoms with Gasteiger partial charge in [-0.2, -0.15) is 0 Å². The van der Waals surface area contributed by atoms with Gasteiger partial charge in [0, 0.05) is 31.6 Å². The van der Waals surface area contributed by atoms with E-state index in [1.54, 1.807) is 19.2 Å². The van der Waals surface area contributed by atoms with Crippen LogP contribution in [0.2, 0.25) is 0 Å². The monoisotopic (exact) mass is 316 g/mol. The van der Waals surface area contributed by atoms with Gasteiger partial charge in [-0.3, -0.25) is 14.5 Å². The number of likely N-dealkylation sites (N-methyl/N-ethyl adjacent to an activating group) is 1. The molecule has 0 saturated carbocycles. The number of rotatable bonds is 3. The molecule has 0 spiro atoms. The molecule has 2 aliphatic heterocycles. The molecule has 0 aliphatic carbocycles. The standard InChI is InChI=1S/C17H24N4O2/c1-12-10-21-15(13(2)22)9-18-16(21)11-20(12)17(23)7-6-14-5-4-8-19(14)3/h6-7,9,12,14H,4-5,8,10-11H2,1-3H3/b7-6+. The van der Waals surface area contributed by atoms with E-state index in [1.807, 2.05) is 22.5 Å². The van der Waals surface area contributed by atoms with E-state index >= 15 is 0 Å². The zero-order valence-electron chi connectivity index (χ0n) is 14.0. The van der Waals surface area contributed by atoms with Crippen LogP contribution in [0.15, 0.2) is 18.3 Å². The number of fused-ring (bicyclic) bond motifs is 1. The molecule has 124 valence electrons. The van der Waals surface area contributed by atoms with Gasteiger partial charge in [0.2, 0.25) is 5.91 Å². The molecule has 0 radical (unpaired) electrons. The minimum absolute atomic E-state index is 0.0138. The third-order valence-electron chi connectivity index (χ3n) is 4.91. The third-order valence-corrected chi connectivity index (χ3v) is 4.91. The van der Waals surface area contributed by atoms with E-state index < -0.39 is 0 Å². The number of Topliss-reactive ketones (excluding diaryl/α,β-unsaturated/α-hetero) is 1. The molecule has 2 atom stereocenters. The van der Waals surface area contributed by atoms with E-state index in [4.69, 9.17) is 0 Å². The van der Waals surface area contributed by atoms with E-state index in [2.05, 4.69) is 16.9 Å². The maximum Gasteiger partial charge on any atom is 0.247 e. The molecule has 3 heterocycles. The van der Waals surface area contributed by atoms with Crippen molar-refractivity contribution in [3.05, 3.63) is 29.9 Å². The van der Waals surface area contributed by atoms with Gasteiger partial charge in [-0.15, -0.1) is 0 Å². The Morgan fingerprint density at radius 1 is 1.39 bits per heavy atom. The first kappa shape index (κ1) is 15.9. The van der Waals surface area contributed by atoms with Crippen molar-refractivity contribution < 1.29 is 9.59 Å². The number of aromatic nitrogens is 2. The molecule has 0 aromatic carbocycles. The number of carbonyl (C=O) groups is 2. The fourth-order valence-electron chi connectivity index (χ4n) is 3.46. The molecule has 2 unspecified atom stereocenters. The van der Waals surface area contributed by atoms with Gasteiger partial charge in [0.15, 0.2) is 5.78 Å². The summed E-state index contributed by atoms with van der Waals surface area (Å²) in [5.74, 6) is 0.823. The van der Waals surface area contributed by atoms with Crippen LogP contribution in [0, 0.1) is 0 Å². The molecule has 1 saturated heterocycles. The zero-order valence-corrected chi connectivity index (χ0v) is 14.0. The topological polar surface area (TPSA) is 58.4 Å². The molecule has 1 amide bonds. The van der Waals surface area contributed by atoms with Crippen molar-refractivity contribution in [1.29, 1.82) is 0 Å². The highest BCUT2D eigenvalue weighted by molar-refractivity contribution is 5.92. The van der Waals surface area contributed by atoms with Crippen LogP contribution in [0.3, 0.4) is 0 Å². The zero-order chi connectivity index (χ0) is 16.6. The van der Waals surface area contributed by atoms with E-state index in [0.717, 1.165) is 18.8 Å². The Morgan fingerprint density at radius 2 is 2.17 bits per heavy atom. The van der Waals surface area contributed by atoms with Gasteiger partial charge >= 0.3 is 0 Å². The average Bonchev–Trinajstić information content (AvgIpc) is 3.09. The number of likely N-dealkylation sites (tertiary alicyclic amines) is 1. The molecule has 2 aliphatic rings. The van der Waals surface area contributed by atoms with E-state index in [0.29, 0.717) is 24.8 Å². The van der Waals surface area contributed by atoms with Crippen LogP contribution in [-0.2, 0) is 17.9 Å². The molecule has 6 heteroatoms. The lowest BCUT2D eigenvalue weighted by atomic mass is 10.1. The molecule has 1 aromatic rings. The summed E-state index contributed by atoms with van der Waals surface area (Å²) in [5.41, 5.74) is 0.627. The van der Waals surface area contributed by atoms with Crippen LogP contribution in [-0.4, -0.2) is 56.7 Å². The Kier molecular flexibility index (Phi) is 4.35. The third kappa shape index (κ3) is 3.08. The van der Waals surface area contributed by atoms with E-state index in [-0.39, 0.29) is 17.7 Å². The predicted molar refractivity (Wildman–Crippen MR) is 87.0 cm³/mol. The van der Waals surface area contributed by atoms with Crippen LogP contribution in [0.5, 0.6) is 0 Å². The molecule has 6 nitrogen and oxygen atoms in total. The molecular formula is C17H24N4O2. The highest BCUT2D eigenvalue weighted by atomic mass is 16.2. The second-order valence-electron chi connectivity index (χ2n) is 6.59. The molecule has 0 bridgehead atoms. The Hall–Kier alpha value is -1.95. The summed E-state index contributed by atoms with van der Waals surface area (Å²) in [5, 5.41) is 0. The van der Waals surface area contributed by atoms with Crippen molar-refractivity contribution >= 4 is 11.7 Å². The summed E-state index contributed by atoms with van der Waals surface area (Å²) in [7, 11) is 2.09. The van der Waals surface area contributed by atoms with Crippen molar-refractivity contribution in [2.24, 2.45) is 0 Å². The van der Waals surface area contributed by atoms with Crippen LogP contribution in [0.4, 0.5) is 0 Å². The van der Waals surface area contributed by atoms with Crippen molar-refractivity contribution in [2.75, 3.05) is 13.6 Å². The van der Waals surface area contributed by atoms with Gasteiger partial charge in [0.25, 0.3) is 0 Å². The number of hydrogen-bond donors (Lipinski definition) is 0. The highest BCUT2D eigenvalue weighted by Gasteiger charge is 2.29. The number of imidazole rings is 1. The molecule has 23 heavy (non-hydrogen) atoms. The average molecular weight is 316 g/mol. The summed E-state index contributed by atoms with van der Waals surface area (Å²) in [4.78, 5) is 32.6. The first-order chi connectivity index (χ1) is 11.0. The maximum absolute atomic E-state index is 12.5. The van der Waals surface area contributed by atoms with Crippen molar-refractivity contribution in [3.63, 3.8) is 0 Å². The molecule has 1 fully saturated rings. The lowest BCUT2D eigenvalue weighted by Gasteiger charge is -2.34. The second kappa shape index (κ2) is 6.28. The lowest BCUT2D eigenvalue weighted by Crippen LogP contribution is -2.44. The van der Waals surface area contributed by atoms with Crippen molar-refractivity contribution in [2.45, 2.75) is 51.9 Å². The fourth-order valence-corrected chi connectivity index (χ4v) is 3.46. The van der Waals surface area contributed by atoms with Crippen LogP contribution >= 0.6 is 0 Å². The second-order valence-corrected chi connectivity index (χ2v) is 6.59. The van der Waals surface area contributed by atoms with E-state index in [1.165, 1.54) is 6.42 Å². The quantitative estimate of drug-likeness (QED) is 0.626. The summed E-state index contributed by atoms with van der Waals surface area (Å²) in [6, 6.07) is 0.415. The first-order valence-corrected chi connectivity index (χ1v) is 8.21. The Balaban J connectivity index is 1.72. The molecular weight excluding hydrogens is 292 g/mol. The largest absolute Gasteiger partial charge is 0.327 e. The van der Waals surface area contributed by atoms with Gasteiger partial charge in [-0.25, -0.2) is 4.98 Å². The normalized spacial score (nSPS) is 25.1. The van der Waals surface area contributed by atoms with Gasteiger partial charge in [-0.05, 0) is 33.4 Å². The molecule has 1 aromatic heterocycles. The highest BCUT2D eigenvalue weighted by Crippen LogP contribution is 2.20. The number of nitrogens with zero attached hydrogens (tertiary/aromatic N) is 4. The van der Waals surface area contributed by atoms with Gasteiger partial charge in [-0.1, -0.05) is 6.08 Å². The number of hydrogen-bond acceptors (Lipinski definition) is 4. The fraction of sp³-hybridized carbons (Fsp3) is 0.588. The van der Waals surface area contributed by atoms with Crippen molar-refractivity contribution in [1.82, 2.24) is 19.4 Å². The summed E-state index contributed by atoms with van der Waals surface area (Å²) in [6.07, 6.45) is 7.63. The Bertz CT molecular complexity index is 649.